The summed E-state index contributed by atoms with van der Waals surface area (Å²) in [7, 11) is 0. The number of carbonyl (C=O) groups excluding carboxylic acids is 1. The lowest BCUT2D eigenvalue weighted by atomic mass is 9.95. The fourth-order valence-electron chi connectivity index (χ4n) is 2.71. The van der Waals surface area contributed by atoms with E-state index >= 15 is 0 Å². The molecule has 1 amide bonds. The van der Waals surface area contributed by atoms with Crippen LogP contribution in [0.1, 0.15) is 29.7 Å². The zero-order valence-electron chi connectivity index (χ0n) is 12.8. The monoisotopic (exact) mass is 296 g/mol. The molecule has 0 spiro atoms. The van der Waals surface area contributed by atoms with Crippen LogP contribution in [-0.4, -0.2) is 17.5 Å². The minimum atomic E-state index is -0.148. The van der Waals surface area contributed by atoms with Crippen molar-refractivity contribution in [2.75, 3.05) is 11.9 Å². The molecule has 22 heavy (non-hydrogen) atoms. The first-order valence-corrected chi connectivity index (χ1v) is 7.68. The molecule has 0 saturated heterocycles. The zero-order valence-corrected chi connectivity index (χ0v) is 12.8. The maximum absolute atomic E-state index is 12.0. The van der Waals surface area contributed by atoms with E-state index in [0.29, 0.717) is 0 Å². The molecule has 1 N–H and O–H groups in total. The summed E-state index contributed by atoms with van der Waals surface area (Å²) < 4.78 is 5.71. The molecule has 3 rings (SSSR count). The zero-order chi connectivity index (χ0) is 15.4. The molecule has 0 aliphatic heterocycles. The Morgan fingerprint density at radius 3 is 2.77 bits per heavy atom. The molecule has 0 saturated carbocycles. The van der Waals surface area contributed by atoms with E-state index in [0.717, 1.165) is 47.5 Å². The molecule has 1 aromatic carbocycles. The van der Waals surface area contributed by atoms with Crippen LogP contribution < -0.4 is 10.1 Å². The summed E-state index contributed by atoms with van der Waals surface area (Å²) in [5.41, 5.74) is 4.23. The number of rotatable bonds is 4. The maximum Gasteiger partial charge on any atom is 0.262 e. The molecule has 0 fully saturated rings. The third kappa shape index (κ3) is 3.45. The van der Waals surface area contributed by atoms with Crippen LogP contribution in [0.5, 0.6) is 5.75 Å². The van der Waals surface area contributed by atoms with Crippen LogP contribution in [-0.2, 0) is 17.6 Å². The van der Waals surface area contributed by atoms with Gasteiger partial charge in [-0.3, -0.25) is 9.78 Å². The molecule has 2 aromatic rings. The van der Waals surface area contributed by atoms with Gasteiger partial charge in [0.05, 0.1) is 0 Å². The van der Waals surface area contributed by atoms with Crippen molar-refractivity contribution in [2.45, 2.75) is 32.6 Å². The van der Waals surface area contributed by atoms with Gasteiger partial charge in [-0.15, -0.1) is 0 Å². The molecule has 4 heteroatoms. The molecular weight excluding hydrogens is 276 g/mol. The van der Waals surface area contributed by atoms with Gasteiger partial charge in [-0.25, -0.2) is 0 Å². The number of benzene rings is 1. The van der Waals surface area contributed by atoms with E-state index in [1.165, 1.54) is 6.42 Å². The van der Waals surface area contributed by atoms with Crippen molar-refractivity contribution in [3.8, 4) is 5.75 Å². The van der Waals surface area contributed by atoms with Crippen LogP contribution in [0.15, 0.2) is 36.5 Å². The number of amides is 1. The fraction of sp³-hybridized carbons (Fsp3) is 0.333. The number of hydrogen-bond donors (Lipinski definition) is 1. The highest BCUT2D eigenvalue weighted by Gasteiger charge is 2.15. The second kappa shape index (κ2) is 6.60. The Kier molecular flexibility index (Phi) is 4.37. The first-order valence-electron chi connectivity index (χ1n) is 7.68. The number of nitrogens with zero attached hydrogens (tertiary/aromatic N) is 1. The van der Waals surface area contributed by atoms with Gasteiger partial charge in [-0.05, 0) is 50.8 Å². The summed E-state index contributed by atoms with van der Waals surface area (Å²) in [5.74, 6) is 0.647. The number of nitrogens with one attached hydrogen (secondary N) is 1. The standard InChI is InChI=1S/C18H20N2O2/c1-13-6-8-14(9-7-13)20-18(21)12-22-17-10-11-19-16-5-3-2-4-15(16)17/h6-11H,2-5,12H2,1H3,(H,20,21). The molecule has 4 nitrogen and oxygen atoms in total. The summed E-state index contributed by atoms with van der Waals surface area (Å²) in [5, 5.41) is 2.84. The van der Waals surface area contributed by atoms with E-state index in [9.17, 15) is 4.79 Å². The van der Waals surface area contributed by atoms with Gasteiger partial charge in [-0.2, -0.15) is 0 Å². The first kappa shape index (κ1) is 14.6. The first-order chi connectivity index (χ1) is 10.7. The average molecular weight is 296 g/mol. The molecule has 1 aliphatic rings. The molecule has 0 bridgehead atoms. The van der Waals surface area contributed by atoms with Gasteiger partial charge in [0.1, 0.15) is 5.75 Å². The van der Waals surface area contributed by atoms with Crippen LogP contribution in [0, 0.1) is 6.92 Å². The molecule has 1 aliphatic carbocycles. The Morgan fingerprint density at radius 2 is 1.95 bits per heavy atom. The third-order valence-corrected chi connectivity index (χ3v) is 3.89. The molecule has 114 valence electrons. The molecule has 1 aromatic heterocycles. The highest BCUT2D eigenvalue weighted by molar-refractivity contribution is 5.91. The van der Waals surface area contributed by atoms with E-state index in [1.54, 1.807) is 6.20 Å². The number of aryl methyl sites for hydroxylation is 2. The third-order valence-electron chi connectivity index (χ3n) is 3.89. The summed E-state index contributed by atoms with van der Waals surface area (Å²) >= 11 is 0. The number of fused-ring (bicyclic) bond motifs is 1. The SMILES string of the molecule is Cc1ccc(NC(=O)COc2ccnc3c2CCCC3)cc1. The van der Waals surface area contributed by atoms with Crippen molar-refractivity contribution in [1.82, 2.24) is 4.98 Å². The van der Waals surface area contributed by atoms with Crippen molar-refractivity contribution in [3.05, 3.63) is 53.3 Å². The Labute approximate surface area is 130 Å². The van der Waals surface area contributed by atoms with Gasteiger partial charge in [0.25, 0.3) is 5.91 Å². The maximum atomic E-state index is 12.0. The quantitative estimate of drug-likeness (QED) is 0.942. The molecule has 1 heterocycles. The van der Waals surface area contributed by atoms with E-state index in [4.69, 9.17) is 4.74 Å². The minimum absolute atomic E-state index is 0.0182. The fourth-order valence-corrected chi connectivity index (χ4v) is 2.71. The van der Waals surface area contributed by atoms with Crippen LogP contribution in [0.3, 0.4) is 0 Å². The average Bonchev–Trinajstić information content (AvgIpc) is 2.55. The van der Waals surface area contributed by atoms with Crippen LogP contribution >= 0.6 is 0 Å². The number of aromatic nitrogens is 1. The molecule has 0 unspecified atom stereocenters. The van der Waals surface area contributed by atoms with E-state index in [-0.39, 0.29) is 12.5 Å². The normalized spacial score (nSPS) is 13.3. The van der Waals surface area contributed by atoms with Crippen molar-refractivity contribution in [3.63, 3.8) is 0 Å². The molecule has 0 atom stereocenters. The minimum Gasteiger partial charge on any atom is -0.483 e. The Hall–Kier alpha value is -2.36. The highest BCUT2D eigenvalue weighted by Crippen LogP contribution is 2.27. The van der Waals surface area contributed by atoms with E-state index < -0.39 is 0 Å². The predicted molar refractivity (Wildman–Crippen MR) is 86.2 cm³/mol. The highest BCUT2D eigenvalue weighted by atomic mass is 16.5. The number of ether oxygens (including phenoxy) is 1. The lowest BCUT2D eigenvalue weighted by Gasteiger charge is -2.18. The number of anilines is 1. The van der Waals surface area contributed by atoms with Crippen molar-refractivity contribution in [1.29, 1.82) is 0 Å². The van der Waals surface area contributed by atoms with Gasteiger partial charge < -0.3 is 10.1 Å². The lowest BCUT2D eigenvalue weighted by Crippen LogP contribution is -2.21. The Balaban J connectivity index is 1.60. The second-order valence-electron chi connectivity index (χ2n) is 5.64. The summed E-state index contributed by atoms with van der Waals surface area (Å²) in [4.78, 5) is 16.4. The lowest BCUT2D eigenvalue weighted by molar-refractivity contribution is -0.118. The van der Waals surface area contributed by atoms with Gasteiger partial charge in [0.2, 0.25) is 0 Å². The Morgan fingerprint density at radius 1 is 1.18 bits per heavy atom. The Bertz CT molecular complexity index is 665. The number of carbonyl (C=O) groups is 1. The predicted octanol–water partition coefficient (Wildman–Crippen LogP) is 3.29. The van der Waals surface area contributed by atoms with E-state index in [1.807, 2.05) is 37.3 Å². The van der Waals surface area contributed by atoms with Crippen LogP contribution in [0.2, 0.25) is 0 Å². The summed E-state index contributed by atoms with van der Waals surface area (Å²) in [6.07, 6.45) is 6.08. The summed E-state index contributed by atoms with van der Waals surface area (Å²) in [6, 6.07) is 9.57. The largest absolute Gasteiger partial charge is 0.483 e. The van der Waals surface area contributed by atoms with Gasteiger partial charge in [0.15, 0.2) is 6.61 Å². The van der Waals surface area contributed by atoms with Crippen LogP contribution in [0.4, 0.5) is 5.69 Å². The van der Waals surface area contributed by atoms with Crippen molar-refractivity contribution in [2.24, 2.45) is 0 Å². The second-order valence-corrected chi connectivity index (χ2v) is 5.64. The van der Waals surface area contributed by atoms with Crippen molar-refractivity contribution >= 4 is 11.6 Å². The number of pyridine rings is 1. The van der Waals surface area contributed by atoms with Gasteiger partial charge in [-0.1, -0.05) is 17.7 Å². The smallest absolute Gasteiger partial charge is 0.262 e. The van der Waals surface area contributed by atoms with Gasteiger partial charge in [0, 0.05) is 23.1 Å². The molecule has 0 radical (unpaired) electrons. The van der Waals surface area contributed by atoms with E-state index in [2.05, 4.69) is 10.3 Å². The summed E-state index contributed by atoms with van der Waals surface area (Å²) in [6.45, 7) is 2.03. The number of hydrogen-bond acceptors (Lipinski definition) is 3. The molecular formula is C18H20N2O2. The van der Waals surface area contributed by atoms with Gasteiger partial charge >= 0.3 is 0 Å². The van der Waals surface area contributed by atoms with Crippen LogP contribution in [0.25, 0.3) is 0 Å². The van der Waals surface area contributed by atoms with Crippen molar-refractivity contribution < 1.29 is 9.53 Å². The topological polar surface area (TPSA) is 51.2 Å².